The molecule has 2 unspecified atom stereocenters. The van der Waals surface area contributed by atoms with Crippen molar-refractivity contribution in [3.8, 4) is 0 Å². The molecule has 2 atom stereocenters. The Morgan fingerprint density at radius 2 is 2.11 bits per heavy atom. The van der Waals surface area contributed by atoms with E-state index in [0.717, 1.165) is 13.1 Å². The van der Waals surface area contributed by atoms with Gasteiger partial charge < -0.3 is 10.5 Å². The SMILES string of the molecule is CC1CCC(CN(C)Cc2cccc(CN)c2)O1. The van der Waals surface area contributed by atoms with Crippen LogP contribution in [0, 0.1) is 0 Å². The number of likely N-dealkylation sites (N-methyl/N-ethyl adjacent to an activating group) is 1. The maximum absolute atomic E-state index is 5.85. The Morgan fingerprint density at radius 3 is 2.78 bits per heavy atom. The highest BCUT2D eigenvalue weighted by molar-refractivity contribution is 5.23. The van der Waals surface area contributed by atoms with Gasteiger partial charge in [0.2, 0.25) is 0 Å². The maximum Gasteiger partial charge on any atom is 0.0706 e. The van der Waals surface area contributed by atoms with Gasteiger partial charge in [0.1, 0.15) is 0 Å². The quantitative estimate of drug-likeness (QED) is 0.867. The second-order valence-corrected chi connectivity index (χ2v) is 5.37. The Morgan fingerprint density at radius 1 is 1.33 bits per heavy atom. The zero-order valence-electron chi connectivity index (χ0n) is 11.4. The molecular weight excluding hydrogens is 224 g/mol. The van der Waals surface area contributed by atoms with Crippen LogP contribution in [0.5, 0.6) is 0 Å². The molecule has 3 nitrogen and oxygen atoms in total. The molecule has 0 aromatic heterocycles. The molecule has 0 saturated carbocycles. The van der Waals surface area contributed by atoms with Crippen LogP contribution in [0.15, 0.2) is 24.3 Å². The van der Waals surface area contributed by atoms with E-state index in [0.29, 0.717) is 18.8 Å². The first kappa shape index (κ1) is 13.5. The van der Waals surface area contributed by atoms with Crippen LogP contribution < -0.4 is 5.73 Å². The predicted molar refractivity (Wildman–Crippen MR) is 74.2 cm³/mol. The average Bonchev–Trinajstić information content (AvgIpc) is 2.74. The van der Waals surface area contributed by atoms with E-state index < -0.39 is 0 Å². The van der Waals surface area contributed by atoms with Crippen molar-refractivity contribution < 1.29 is 4.74 Å². The van der Waals surface area contributed by atoms with Gasteiger partial charge in [-0.3, -0.25) is 4.90 Å². The predicted octanol–water partition coefficient (Wildman–Crippen LogP) is 2.14. The molecule has 2 N–H and O–H groups in total. The van der Waals surface area contributed by atoms with Crippen LogP contribution in [-0.4, -0.2) is 30.7 Å². The third-order valence-electron chi connectivity index (χ3n) is 3.51. The van der Waals surface area contributed by atoms with Gasteiger partial charge in [-0.05, 0) is 37.9 Å². The minimum Gasteiger partial charge on any atom is -0.374 e. The Hall–Kier alpha value is -0.900. The van der Waals surface area contributed by atoms with Gasteiger partial charge in [0.15, 0.2) is 0 Å². The Balaban J connectivity index is 1.84. The fourth-order valence-electron chi connectivity index (χ4n) is 2.60. The summed E-state index contributed by atoms with van der Waals surface area (Å²) in [6, 6.07) is 8.51. The van der Waals surface area contributed by atoms with Crippen LogP contribution >= 0.6 is 0 Å². The van der Waals surface area contributed by atoms with Gasteiger partial charge in [0, 0.05) is 19.6 Å². The molecule has 1 saturated heterocycles. The summed E-state index contributed by atoms with van der Waals surface area (Å²) < 4.78 is 5.85. The number of hydrogen-bond donors (Lipinski definition) is 1. The highest BCUT2D eigenvalue weighted by Crippen LogP contribution is 2.20. The number of nitrogens with two attached hydrogens (primary N) is 1. The van der Waals surface area contributed by atoms with E-state index in [1.54, 1.807) is 0 Å². The van der Waals surface area contributed by atoms with Crippen LogP contribution in [0.1, 0.15) is 30.9 Å². The van der Waals surface area contributed by atoms with Gasteiger partial charge in [-0.25, -0.2) is 0 Å². The van der Waals surface area contributed by atoms with Crippen molar-refractivity contribution in [3.05, 3.63) is 35.4 Å². The minimum atomic E-state index is 0.405. The highest BCUT2D eigenvalue weighted by Gasteiger charge is 2.22. The summed E-state index contributed by atoms with van der Waals surface area (Å²) in [7, 11) is 2.15. The molecule has 1 aliphatic rings. The van der Waals surface area contributed by atoms with Crippen molar-refractivity contribution in [2.75, 3.05) is 13.6 Å². The number of benzene rings is 1. The van der Waals surface area contributed by atoms with E-state index in [1.165, 1.54) is 24.0 Å². The Bertz CT molecular complexity index is 381. The van der Waals surface area contributed by atoms with Crippen molar-refractivity contribution in [1.82, 2.24) is 4.90 Å². The van der Waals surface area contributed by atoms with Crippen molar-refractivity contribution >= 4 is 0 Å². The Labute approximate surface area is 110 Å². The average molecular weight is 248 g/mol. The molecule has 0 amide bonds. The normalized spacial score (nSPS) is 23.8. The maximum atomic E-state index is 5.85. The smallest absolute Gasteiger partial charge is 0.0706 e. The number of nitrogens with zero attached hydrogens (tertiary/aromatic N) is 1. The van der Waals surface area contributed by atoms with Crippen molar-refractivity contribution in [2.24, 2.45) is 5.73 Å². The van der Waals surface area contributed by atoms with E-state index in [-0.39, 0.29) is 0 Å². The summed E-state index contributed by atoms with van der Waals surface area (Å²) in [6.07, 6.45) is 3.22. The molecule has 1 aromatic rings. The second-order valence-electron chi connectivity index (χ2n) is 5.37. The van der Waals surface area contributed by atoms with Gasteiger partial charge in [0.05, 0.1) is 12.2 Å². The molecule has 0 spiro atoms. The van der Waals surface area contributed by atoms with Gasteiger partial charge in [0.25, 0.3) is 0 Å². The number of rotatable bonds is 5. The number of ether oxygens (including phenoxy) is 1. The monoisotopic (exact) mass is 248 g/mol. The first-order valence-electron chi connectivity index (χ1n) is 6.79. The lowest BCUT2D eigenvalue weighted by Gasteiger charge is -2.21. The second kappa shape index (κ2) is 6.32. The van der Waals surface area contributed by atoms with E-state index in [9.17, 15) is 0 Å². The summed E-state index contributed by atoms with van der Waals surface area (Å²) in [4.78, 5) is 2.33. The fraction of sp³-hybridized carbons (Fsp3) is 0.600. The molecular formula is C15H24N2O. The van der Waals surface area contributed by atoms with Gasteiger partial charge >= 0.3 is 0 Å². The lowest BCUT2D eigenvalue weighted by Crippen LogP contribution is -2.28. The van der Waals surface area contributed by atoms with Gasteiger partial charge in [-0.15, -0.1) is 0 Å². The molecule has 0 aliphatic carbocycles. The molecule has 0 bridgehead atoms. The molecule has 1 aromatic carbocycles. The summed E-state index contributed by atoms with van der Waals surface area (Å²) in [5, 5.41) is 0. The van der Waals surface area contributed by atoms with E-state index >= 15 is 0 Å². The van der Waals surface area contributed by atoms with Crippen molar-refractivity contribution in [3.63, 3.8) is 0 Å². The third kappa shape index (κ3) is 3.80. The first-order chi connectivity index (χ1) is 8.67. The molecule has 1 heterocycles. The van der Waals surface area contributed by atoms with Crippen LogP contribution in [0.2, 0.25) is 0 Å². The number of hydrogen-bond acceptors (Lipinski definition) is 3. The van der Waals surface area contributed by atoms with Gasteiger partial charge in [-0.1, -0.05) is 24.3 Å². The standard InChI is InChI=1S/C15H24N2O/c1-12-6-7-15(18-12)11-17(2)10-14-5-3-4-13(8-14)9-16/h3-5,8,12,15H,6-7,9-11,16H2,1-2H3. The lowest BCUT2D eigenvalue weighted by atomic mass is 10.1. The molecule has 1 aliphatic heterocycles. The Kier molecular flexibility index (Phi) is 4.75. The van der Waals surface area contributed by atoms with E-state index in [2.05, 4.69) is 43.1 Å². The van der Waals surface area contributed by atoms with Crippen molar-refractivity contribution in [2.45, 2.75) is 45.1 Å². The summed E-state index contributed by atoms with van der Waals surface area (Å²) in [6.45, 7) is 4.74. The molecule has 0 radical (unpaired) electrons. The highest BCUT2D eigenvalue weighted by atomic mass is 16.5. The van der Waals surface area contributed by atoms with Crippen LogP contribution in [0.25, 0.3) is 0 Å². The van der Waals surface area contributed by atoms with Crippen LogP contribution in [0.4, 0.5) is 0 Å². The van der Waals surface area contributed by atoms with E-state index in [4.69, 9.17) is 10.5 Å². The molecule has 2 rings (SSSR count). The summed E-state index contributed by atoms with van der Waals surface area (Å²) >= 11 is 0. The molecule has 1 fully saturated rings. The first-order valence-corrected chi connectivity index (χ1v) is 6.79. The van der Waals surface area contributed by atoms with Crippen molar-refractivity contribution in [1.29, 1.82) is 0 Å². The topological polar surface area (TPSA) is 38.5 Å². The summed E-state index contributed by atoms with van der Waals surface area (Å²) in [5.74, 6) is 0. The van der Waals surface area contributed by atoms with Crippen LogP contribution in [-0.2, 0) is 17.8 Å². The zero-order chi connectivity index (χ0) is 13.0. The minimum absolute atomic E-state index is 0.405. The molecule has 18 heavy (non-hydrogen) atoms. The fourth-order valence-corrected chi connectivity index (χ4v) is 2.60. The van der Waals surface area contributed by atoms with Gasteiger partial charge in [-0.2, -0.15) is 0 Å². The molecule has 3 heteroatoms. The largest absolute Gasteiger partial charge is 0.374 e. The third-order valence-corrected chi connectivity index (χ3v) is 3.51. The molecule has 100 valence electrons. The van der Waals surface area contributed by atoms with Crippen LogP contribution in [0.3, 0.4) is 0 Å². The lowest BCUT2D eigenvalue weighted by molar-refractivity contribution is 0.0352. The zero-order valence-corrected chi connectivity index (χ0v) is 11.4. The van der Waals surface area contributed by atoms with E-state index in [1.807, 2.05) is 0 Å². The summed E-state index contributed by atoms with van der Waals surface area (Å²) in [5.41, 5.74) is 8.19.